The fraction of sp³-hybridized carbons (Fsp3) is 0.182. The van der Waals surface area contributed by atoms with Gasteiger partial charge in [0.25, 0.3) is 5.56 Å². The lowest BCUT2D eigenvalue weighted by Gasteiger charge is -2.23. The van der Waals surface area contributed by atoms with Gasteiger partial charge in [-0.2, -0.15) is 4.98 Å². The van der Waals surface area contributed by atoms with Crippen LogP contribution in [-0.2, 0) is 16.0 Å². The van der Waals surface area contributed by atoms with E-state index >= 15 is 0 Å². The Bertz CT molecular complexity index is 1190. The lowest BCUT2D eigenvalue weighted by Crippen LogP contribution is -2.36. The summed E-state index contributed by atoms with van der Waals surface area (Å²) in [6, 6.07) is 12.8. The van der Waals surface area contributed by atoms with Crippen molar-refractivity contribution in [3.05, 3.63) is 75.8 Å². The Morgan fingerprint density at radius 1 is 1.10 bits per heavy atom. The summed E-state index contributed by atoms with van der Waals surface area (Å²) < 4.78 is 13.1. The van der Waals surface area contributed by atoms with Crippen molar-refractivity contribution in [1.82, 2.24) is 9.97 Å². The number of nitrogens with zero attached hydrogens (tertiary/aromatic N) is 1. The molecule has 0 spiro atoms. The van der Waals surface area contributed by atoms with Gasteiger partial charge in [-0.15, -0.1) is 0 Å². The van der Waals surface area contributed by atoms with Gasteiger partial charge in [0.2, 0.25) is 17.8 Å². The first kappa shape index (κ1) is 20.3. The van der Waals surface area contributed by atoms with Crippen molar-refractivity contribution >= 4 is 35.0 Å². The summed E-state index contributed by atoms with van der Waals surface area (Å²) in [5.41, 5.74) is 1.75. The zero-order valence-electron chi connectivity index (χ0n) is 16.7. The molecular formula is C22H20FN5O3. The number of aromatic amines is 1. The molecule has 0 fully saturated rings. The second kappa shape index (κ2) is 8.39. The second-order valence-electron chi connectivity index (χ2n) is 7.15. The SMILES string of the molecule is CCc1ccc(NC(=O)[C@H]2CC(=O)Nc3nc(Nc4ccc(F)cc4)[nH]c(=O)c32)cc1. The van der Waals surface area contributed by atoms with Crippen LogP contribution in [0, 0.1) is 5.82 Å². The molecule has 0 unspecified atom stereocenters. The Hall–Kier alpha value is -4.01. The number of carbonyl (C=O) groups is 2. The highest BCUT2D eigenvalue weighted by Gasteiger charge is 2.34. The van der Waals surface area contributed by atoms with E-state index in [9.17, 15) is 18.8 Å². The molecule has 1 aromatic heterocycles. The second-order valence-corrected chi connectivity index (χ2v) is 7.15. The van der Waals surface area contributed by atoms with Crippen molar-refractivity contribution in [3.8, 4) is 0 Å². The van der Waals surface area contributed by atoms with Crippen molar-refractivity contribution in [2.45, 2.75) is 25.7 Å². The third-order valence-electron chi connectivity index (χ3n) is 5.00. The minimum Gasteiger partial charge on any atom is -0.326 e. The molecule has 0 bridgehead atoms. The quantitative estimate of drug-likeness (QED) is 0.505. The predicted molar refractivity (Wildman–Crippen MR) is 115 cm³/mol. The number of aromatic nitrogens is 2. The summed E-state index contributed by atoms with van der Waals surface area (Å²) in [6.07, 6.45) is 0.709. The Morgan fingerprint density at radius 2 is 1.77 bits per heavy atom. The minimum atomic E-state index is -0.981. The van der Waals surface area contributed by atoms with Crippen molar-refractivity contribution in [2.75, 3.05) is 16.0 Å². The molecule has 9 heteroatoms. The normalized spacial score (nSPS) is 15.0. The molecule has 2 amide bonds. The highest BCUT2D eigenvalue weighted by Crippen LogP contribution is 2.30. The summed E-state index contributed by atoms with van der Waals surface area (Å²) in [5.74, 6) is -2.18. The Balaban J connectivity index is 1.60. The van der Waals surface area contributed by atoms with Gasteiger partial charge in [0, 0.05) is 17.8 Å². The van der Waals surface area contributed by atoms with E-state index in [2.05, 4.69) is 25.9 Å². The maximum Gasteiger partial charge on any atom is 0.258 e. The average molecular weight is 421 g/mol. The van der Waals surface area contributed by atoms with Crippen LogP contribution in [-0.4, -0.2) is 21.8 Å². The third-order valence-corrected chi connectivity index (χ3v) is 5.00. The van der Waals surface area contributed by atoms with Crippen LogP contribution in [0.25, 0.3) is 0 Å². The van der Waals surface area contributed by atoms with Crippen LogP contribution in [0.15, 0.2) is 53.3 Å². The number of fused-ring (bicyclic) bond motifs is 1. The molecule has 1 atom stereocenters. The molecule has 0 radical (unpaired) electrons. The molecule has 1 aliphatic rings. The van der Waals surface area contributed by atoms with Crippen molar-refractivity contribution < 1.29 is 14.0 Å². The van der Waals surface area contributed by atoms with Crippen LogP contribution in [0.2, 0.25) is 0 Å². The number of amides is 2. The largest absolute Gasteiger partial charge is 0.326 e. The molecular weight excluding hydrogens is 401 g/mol. The molecule has 158 valence electrons. The number of H-pyrrole nitrogens is 1. The van der Waals surface area contributed by atoms with Gasteiger partial charge < -0.3 is 16.0 Å². The van der Waals surface area contributed by atoms with E-state index in [0.29, 0.717) is 11.4 Å². The van der Waals surface area contributed by atoms with Gasteiger partial charge in [0.1, 0.15) is 11.6 Å². The first-order chi connectivity index (χ1) is 14.9. The van der Waals surface area contributed by atoms with E-state index in [1.807, 2.05) is 19.1 Å². The Labute approximate surface area is 176 Å². The van der Waals surface area contributed by atoms with Crippen molar-refractivity contribution in [3.63, 3.8) is 0 Å². The first-order valence-electron chi connectivity index (χ1n) is 9.79. The smallest absolute Gasteiger partial charge is 0.258 e. The van der Waals surface area contributed by atoms with Gasteiger partial charge in [0.15, 0.2) is 0 Å². The molecule has 2 aromatic carbocycles. The Kier molecular flexibility index (Phi) is 5.48. The summed E-state index contributed by atoms with van der Waals surface area (Å²) in [6.45, 7) is 2.03. The maximum absolute atomic E-state index is 13.1. The van der Waals surface area contributed by atoms with Gasteiger partial charge in [-0.05, 0) is 48.4 Å². The fourth-order valence-corrected chi connectivity index (χ4v) is 3.38. The van der Waals surface area contributed by atoms with Crippen LogP contribution in [0.1, 0.15) is 30.4 Å². The number of rotatable bonds is 5. The number of benzene rings is 2. The van der Waals surface area contributed by atoms with Gasteiger partial charge in [-0.3, -0.25) is 19.4 Å². The molecule has 8 nitrogen and oxygen atoms in total. The Morgan fingerprint density at radius 3 is 2.45 bits per heavy atom. The monoisotopic (exact) mass is 421 g/mol. The van der Waals surface area contributed by atoms with Crippen LogP contribution in [0.3, 0.4) is 0 Å². The molecule has 2 heterocycles. The lowest BCUT2D eigenvalue weighted by molar-refractivity contribution is -0.123. The van der Waals surface area contributed by atoms with Gasteiger partial charge in [-0.1, -0.05) is 19.1 Å². The predicted octanol–water partition coefficient (Wildman–Crippen LogP) is 3.28. The number of anilines is 4. The van der Waals surface area contributed by atoms with Crippen LogP contribution in [0.4, 0.5) is 27.5 Å². The van der Waals surface area contributed by atoms with Crippen LogP contribution < -0.4 is 21.5 Å². The average Bonchev–Trinajstić information content (AvgIpc) is 2.75. The van der Waals surface area contributed by atoms with Crippen molar-refractivity contribution in [2.24, 2.45) is 0 Å². The number of carbonyl (C=O) groups excluding carboxylic acids is 2. The van der Waals surface area contributed by atoms with E-state index in [0.717, 1.165) is 12.0 Å². The highest BCUT2D eigenvalue weighted by molar-refractivity contribution is 6.04. The van der Waals surface area contributed by atoms with Gasteiger partial charge >= 0.3 is 0 Å². The lowest BCUT2D eigenvalue weighted by atomic mass is 9.92. The van der Waals surface area contributed by atoms with E-state index in [-0.39, 0.29) is 23.8 Å². The molecule has 1 aliphatic heterocycles. The zero-order chi connectivity index (χ0) is 22.0. The summed E-state index contributed by atoms with van der Waals surface area (Å²) >= 11 is 0. The summed E-state index contributed by atoms with van der Waals surface area (Å²) in [4.78, 5) is 44.6. The van der Waals surface area contributed by atoms with Gasteiger partial charge in [-0.25, -0.2) is 4.39 Å². The molecule has 0 aliphatic carbocycles. The zero-order valence-corrected chi connectivity index (χ0v) is 16.7. The van der Waals surface area contributed by atoms with E-state index in [1.54, 1.807) is 12.1 Å². The maximum atomic E-state index is 13.1. The number of nitrogens with one attached hydrogen (secondary N) is 4. The van der Waals surface area contributed by atoms with E-state index in [4.69, 9.17) is 0 Å². The number of aryl methyl sites for hydroxylation is 1. The molecule has 31 heavy (non-hydrogen) atoms. The molecule has 0 saturated heterocycles. The van der Waals surface area contributed by atoms with E-state index in [1.165, 1.54) is 24.3 Å². The number of hydrogen-bond donors (Lipinski definition) is 4. The summed E-state index contributed by atoms with van der Waals surface area (Å²) in [5, 5.41) is 8.16. The molecule has 4 N–H and O–H groups in total. The van der Waals surface area contributed by atoms with E-state index < -0.39 is 29.1 Å². The topological polar surface area (TPSA) is 116 Å². The third kappa shape index (κ3) is 4.45. The molecule has 0 saturated carbocycles. The molecule has 4 rings (SSSR count). The van der Waals surface area contributed by atoms with Crippen LogP contribution in [0.5, 0.6) is 0 Å². The highest BCUT2D eigenvalue weighted by atomic mass is 19.1. The first-order valence-corrected chi connectivity index (χ1v) is 9.79. The summed E-state index contributed by atoms with van der Waals surface area (Å²) in [7, 11) is 0. The van der Waals surface area contributed by atoms with Gasteiger partial charge in [0.05, 0.1) is 11.5 Å². The standard InChI is InChI=1S/C22H20FN5O3/c1-2-12-3-7-14(8-4-12)24-20(30)16-11-17(29)26-19-18(16)21(31)28-22(27-19)25-15-9-5-13(23)6-10-15/h3-10,16H,2,11H2,1H3,(H,24,30)(H3,25,26,27,28,29,31)/t16-/m0/s1. The number of halogens is 1. The van der Waals surface area contributed by atoms with Crippen LogP contribution >= 0.6 is 0 Å². The fourth-order valence-electron chi connectivity index (χ4n) is 3.38. The minimum absolute atomic E-state index is 0.0195. The van der Waals surface area contributed by atoms with Crippen molar-refractivity contribution in [1.29, 1.82) is 0 Å². The molecule has 3 aromatic rings. The number of hydrogen-bond acceptors (Lipinski definition) is 5.